The van der Waals surface area contributed by atoms with Crippen molar-refractivity contribution < 1.29 is 9.53 Å². The zero-order valence-corrected chi connectivity index (χ0v) is 16.7. The van der Waals surface area contributed by atoms with Crippen LogP contribution >= 0.6 is 0 Å². The molecule has 1 amide bonds. The van der Waals surface area contributed by atoms with Gasteiger partial charge in [-0.25, -0.2) is 4.98 Å². The highest BCUT2D eigenvalue weighted by molar-refractivity contribution is 5.97. The van der Waals surface area contributed by atoms with E-state index in [1.165, 1.54) is 38.8 Å². The first kappa shape index (κ1) is 19.4. The van der Waals surface area contributed by atoms with Crippen LogP contribution in [-0.2, 0) is 4.74 Å². The van der Waals surface area contributed by atoms with Crippen molar-refractivity contribution in [2.45, 2.75) is 51.0 Å². The summed E-state index contributed by atoms with van der Waals surface area (Å²) >= 11 is 0. The van der Waals surface area contributed by atoms with Gasteiger partial charge in [0.15, 0.2) is 0 Å². The van der Waals surface area contributed by atoms with Crippen LogP contribution in [0.5, 0.6) is 0 Å². The fourth-order valence-electron chi connectivity index (χ4n) is 4.51. The fraction of sp³-hybridized carbons (Fsp3) is 0.636. The smallest absolute Gasteiger partial charge is 0.254 e. The van der Waals surface area contributed by atoms with E-state index in [9.17, 15) is 4.79 Å². The van der Waals surface area contributed by atoms with E-state index in [0.717, 1.165) is 62.2 Å². The van der Waals surface area contributed by atoms with Crippen molar-refractivity contribution in [1.82, 2.24) is 19.8 Å². The average Bonchev–Trinajstić information content (AvgIpc) is 3.06. The molecule has 2 aliphatic rings. The minimum Gasteiger partial charge on any atom is -0.381 e. The molecule has 0 radical (unpaired) electrons. The summed E-state index contributed by atoms with van der Waals surface area (Å²) in [5, 5.41) is 0. The Labute approximate surface area is 167 Å². The molecule has 0 spiro atoms. The number of imidazole rings is 1. The number of H-pyrrole nitrogens is 1. The second-order valence-electron chi connectivity index (χ2n) is 8.09. The van der Waals surface area contributed by atoms with Crippen molar-refractivity contribution in [1.29, 1.82) is 0 Å². The normalized spacial score (nSPS) is 19.6. The van der Waals surface area contributed by atoms with Gasteiger partial charge in [-0.3, -0.25) is 4.79 Å². The Kier molecular flexibility index (Phi) is 6.60. The molecule has 0 bridgehead atoms. The summed E-state index contributed by atoms with van der Waals surface area (Å²) in [7, 11) is 0. The summed E-state index contributed by atoms with van der Waals surface area (Å²) in [5.41, 5.74) is 2.57. The van der Waals surface area contributed by atoms with E-state index >= 15 is 0 Å². The van der Waals surface area contributed by atoms with Gasteiger partial charge in [0, 0.05) is 31.4 Å². The van der Waals surface area contributed by atoms with Gasteiger partial charge in [0.1, 0.15) is 0 Å². The van der Waals surface area contributed by atoms with Crippen LogP contribution in [0.25, 0.3) is 11.0 Å². The van der Waals surface area contributed by atoms with Crippen LogP contribution in [0.3, 0.4) is 0 Å². The quantitative estimate of drug-likeness (QED) is 0.829. The second kappa shape index (κ2) is 9.52. The molecule has 2 aliphatic heterocycles. The summed E-state index contributed by atoms with van der Waals surface area (Å²) in [6.45, 7) is 5.83. The predicted octanol–water partition coefficient (Wildman–Crippen LogP) is 3.45. The molecule has 2 saturated heterocycles. The van der Waals surface area contributed by atoms with Crippen LogP contribution in [0.4, 0.5) is 0 Å². The number of nitrogens with one attached hydrogen (secondary N) is 1. The molecule has 28 heavy (non-hydrogen) atoms. The van der Waals surface area contributed by atoms with Crippen LogP contribution in [0.15, 0.2) is 24.5 Å². The molecule has 0 saturated carbocycles. The number of aromatic nitrogens is 2. The van der Waals surface area contributed by atoms with E-state index in [1.54, 1.807) is 6.33 Å². The number of likely N-dealkylation sites (tertiary alicyclic amines) is 1. The zero-order chi connectivity index (χ0) is 19.2. The number of amides is 1. The van der Waals surface area contributed by atoms with Gasteiger partial charge in [-0.1, -0.05) is 12.8 Å². The van der Waals surface area contributed by atoms with Gasteiger partial charge in [0.2, 0.25) is 0 Å². The van der Waals surface area contributed by atoms with Crippen molar-refractivity contribution in [2.75, 3.05) is 39.4 Å². The number of ether oxygens (including phenoxy) is 1. The number of hydrogen-bond acceptors (Lipinski definition) is 4. The van der Waals surface area contributed by atoms with Gasteiger partial charge in [-0.05, 0) is 69.9 Å². The Bertz CT molecular complexity index is 761. The fourth-order valence-corrected chi connectivity index (χ4v) is 4.51. The lowest BCUT2D eigenvalue weighted by Gasteiger charge is -2.35. The molecule has 2 aromatic rings. The average molecular weight is 385 g/mol. The largest absolute Gasteiger partial charge is 0.381 e. The van der Waals surface area contributed by atoms with Gasteiger partial charge in [0.05, 0.1) is 17.4 Å². The van der Waals surface area contributed by atoms with E-state index in [0.29, 0.717) is 0 Å². The SMILES string of the molecule is O=C(c1ccc2nc[nH]c2c1)N(CCCN1CCCCCC1)C1CCOCC1. The lowest BCUT2D eigenvalue weighted by atomic mass is 10.0. The van der Waals surface area contributed by atoms with E-state index in [4.69, 9.17) is 4.74 Å². The maximum atomic E-state index is 13.4. The number of carbonyl (C=O) groups is 1. The minimum atomic E-state index is 0.138. The molecule has 4 rings (SSSR count). The molecule has 6 heteroatoms. The van der Waals surface area contributed by atoms with Crippen LogP contribution in [0, 0.1) is 0 Å². The molecule has 2 fully saturated rings. The van der Waals surface area contributed by atoms with Crippen molar-refractivity contribution in [3.05, 3.63) is 30.1 Å². The molecule has 6 nitrogen and oxygen atoms in total. The summed E-state index contributed by atoms with van der Waals surface area (Å²) < 4.78 is 5.54. The Balaban J connectivity index is 1.43. The molecule has 0 unspecified atom stereocenters. The van der Waals surface area contributed by atoms with Gasteiger partial charge in [-0.15, -0.1) is 0 Å². The van der Waals surface area contributed by atoms with Crippen molar-refractivity contribution in [3.8, 4) is 0 Å². The van der Waals surface area contributed by atoms with E-state index in [2.05, 4.69) is 19.8 Å². The lowest BCUT2D eigenvalue weighted by Crippen LogP contribution is -2.44. The first-order chi connectivity index (χ1) is 13.8. The van der Waals surface area contributed by atoms with Gasteiger partial charge < -0.3 is 19.5 Å². The van der Waals surface area contributed by atoms with Crippen LogP contribution < -0.4 is 0 Å². The van der Waals surface area contributed by atoms with Gasteiger partial charge in [0.25, 0.3) is 5.91 Å². The molecule has 0 atom stereocenters. The molecule has 0 aliphatic carbocycles. The van der Waals surface area contributed by atoms with Crippen molar-refractivity contribution in [2.24, 2.45) is 0 Å². The number of hydrogen-bond donors (Lipinski definition) is 1. The number of fused-ring (bicyclic) bond motifs is 1. The van der Waals surface area contributed by atoms with Crippen LogP contribution in [0.1, 0.15) is 55.3 Å². The number of aromatic amines is 1. The lowest BCUT2D eigenvalue weighted by molar-refractivity contribution is 0.0280. The molecule has 1 aromatic carbocycles. The number of nitrogens with zero attached hydrogens (tertiary/aromatic N) is 3. The molecular formula is C22H32N4O2. The number of benzene rings is 1. The highest BCUT2D eigenvalue weighted by atomic mass is 16.5. The Hall–Kier alpha value is -1.92. The maximum absolute atomic E-state index is 13.4. The Morgan fingerprint density at radius 2 is 1.96 bits per heavy atom. The minimum absolute atomic E-state index is 0.138. The van der Waals surface area contributed by atoms with Crippen LogP contribution in [-0.4, -0.2) is 71.1 Å². The standard InChI is InChI=1S/C22H32N4O2/c27-22(18-6-7-20-21(16-18)24-17-23-20)26(19-8-14-28-15-9-19)13-5-12-25-10-3-1-2-4-11-25/h6-7,16-17,19H,1-5,8-15H2,(H,23,24). The zero-order valence-electron chi connectivity index (χ0n) is 16.7. The van der Waals surface area contributed by atoms with E-state index in [-0.39, 0.29) is 11.9 Å². The van der Waals surface area contributed by atoms with E-state index in [1.807, 2.05) is 18.2 Å². The summed E-state index contributed by atoms with van der Waals surface area (Å²) in [6.07, 6.45) is 9.92. The number of rotatable bonds is 6. The summed E-state index contributed by atoms with van der Waals surface area (Å²) in [6, 6.07) is 6.06. The molecule has 1 aromatic heterocycles. The first-order valence-corrected chi connectivity index (χ1v) is 10.9. The predicted molar refractivity (Wildman–Crippen MR) is 110 cm³/mol. The third kappa shape index (κ3) is 4.73. The molecular weight excluding hydrogens is 352 g/mol. The summed E-state index contributed by atoms with van der Waals surface area (Å²) in [4.78, 5) is 25.4. The van der Waals surface area contributed by atoms with Gasteiger partial charge >= 0.3 is 0 Å². The highest BCUT2D eigenvalue weighted by Crippen LogP contribution is 2.20. The maximum Gasteiger partial charge on any atom is 0.254 e. The third-order valence-electron chi connectivity index (χ3n) is 6.13. The van der Waals surface area contributed by atoms with Crippen LogP contribution in [0.2, 0.25) is 0 Å². The monoisotopic (exact) mass is 384 g/mol. The first-order valence-electron chi connectivity index (χ1n) is 10.9. The topological polar surface area (TPSA) is 61.5 Å². The van der Waals surface area contributed by atoms with E-state index < -0.39 is 0 Å². The molecule has 3 heterocycles. The second-order valence-corrected chi connectivity index (χ2v) is 8.09. The summed E-state index contributed by atoms with van der Waals surface area (Å²) in [5.74, 6) is 0.138. The number of carbonyl (C=O) groups excluding carboxylic acids is 1. The van der Waals surface area contributed by atoms with Crippen molar-refractivity contribution >= 4 is 16.9 Å². The molecule has 1 N–H and O–H groups in total. The highest BCUT2D eigenvalue weighted by Gasteiger charge is 2.27. The Morgan fingerprint density at radius 3 is 2.75 bits per heavy atom. The van der Waals surface area contributed by atoms with Gasteiger partial charge in [-0.2, -0.15) is 0 Å². The Morgan fingerprint density at radius 1 is 1.18 bits per heavy atom. The van der Waals surface area contributed by atoms with Crippen molar-refractivity contribution in [3.63, 3.8) is 0 Å². The molecule has 152 valence electrons. The third-order valence-corrected chi connectivity index (χ3v) is 6.13.